The molecule has 0 spiro atoms. The number of halogens is 1. The minimum absolute atomic E-state index is 0. The average molecular weight is 371 g/mol. The first-order chi connectivity index (χ1) is 8.01. The lowest BCUT2D eigenvalue weighted by atomic mass is 9.94. The van der Waals surface area contributed by atoms with Gasteiger partial charge in [-0.1, -0.05) is 0 Å². The fourth-order valence-corrected chi connectivity index (χ4v) is 2.07. The predicted molar refractivity (Wildman–Crippen MR) is 84.9 cm³/mol. The lowest BCUT2D eigenvalue weighted by Gasteiger charge is -2.35. The molecule has 0 aromatic rings. The predicted octanol–water partition coefficient (Wildman–Crippen LogP) is 1.28. The van der Waals surface area contributed by atoms with E-state index >= 15 is 0 Å². The number of hydrogen-bond donors (Lipinski definition) is 0. The van der Waals surface area contributed by atoms with Gasteiger partial charge in [-0.2, -0.15) is 0 Å². The molecular weight excluding hydrogens is 345 g/mol. The third kappa shape index (κ3) is 4.89. The van der Waals surface area contributed by atoms with Crippen LogP contribution < -0.4 is 0 Å². The molecule has 108 valence electrons. The quantitative estimate of drug-likeness (QED) is 0.426. The van der Waals surface area contributed by atoms with Gasteiger partial charge in [0.1, 0.15) is 0 Å². The number of guanidine groups is 1. The normalized spacial score (nSPS) is 17.6. The summed E-state index contributed by atoms with van der Waals surface area (Å²) in [6, 6.07) is 0. The van der Waals surface area contributed by atoms with E-state index in [0.29, 0.717) is 6.54 Å². The van der Waals surface area contributed by atoms with Crippen LogP contribution in [0.25, 0.3) is 0 Å². The Balaban J connectivity index is 0.00000289. The van der Waals surface area contributed by atoms with Gasteiger partial charge in [-0.25, -0.2) is 4.99 Å². The van der Waals surface area contributed by atoms with Crippen LogP contribution in [0.5, 0.6) is 0 Å². The Morgan fingerprint density at radius 1 is 1.17 bits per heavy atom. The summed E-state index contributed by atoms with van der Waals surface area (Å²) in [7, 11) is 9.78. The molecule has 0 aliphatic carbocycles. The third-order valence-electron chi connectivity index (χ3n) is 3.15. The van der Waals surface area contributed by atoms with Crippen molar-refractivity contribution in [2.24, 2.45) is 4.99 Å². The summed E-state index contributed by atoms with van der Waals surface area (Å²) in [6.07, 6.45) is 1.84. The second-order valence-electron chi connectivity index (χ2n) is 4.90. The standard InChI is InChI=1S/C12H25N3O2.HI/c1-14(2)11(15(3)4)13-10-12(16-5)6-8-17-9-7-12;/h6-10H2,1-5H3;1H. The second-order valence-corrected chi connectivity index (χ2v) is 4.90. The number of methoxy groups -OCH3 is 1. The topological polar surface area (TPSA) is 37.3 Å². The van der Waals surface area contributed by atoms with Crippen LogP contribution in [-0.4, -0.2) is 76.4 Å². The third-order valence-corrected chi connectivity index (χ3v) is 3.15. The van der Waals surface area contributed by atoms with Crippen LogP contribution in [0.2, 0.25) is 0 Å². The van der Waals surface area contributed by atoms with Crippen LogP contribution in [0.15, 0.2) is 4.99 Å². The molecular formula is C12H26IN3O2. The monoisotopic (exact) mass is 371 g/mol. The Hall–Kier alpha value is -0.0800. The van der Waals surface area contributed by atoms with Crippen molar-refractivity contribution in [2.75, 3.05) is 55.1 Å². The van der Waals surface area contributed by atoms with E-state index in [-0.39, 0.29) is 29.6 Å². The van der Waals surface area contributed by atoms with E-state index in [9.17, 15) is 0 Å². The molecule has 1 rings (SSSR count). The number of ether oxygens (including phenoxy) is 2. The first-order valence-electron chi connectivity index (χ1n) is 6.03. The summed E-state index contributed by atoms with van der Waals surface area (Å²) in [5.41, 5.74) is -0.143. The maximum Gasteiger partial charge on any atom is 0.195 e. The molecule has 1 saturated heterocycles. The molecule has 0 aromatic carbocycles. The molecule has 1 heterocycles. The molecule has 1 fully saturated rings. The van der Waals surface area contributed by atoms with E-state index in [1.165, 1.54) is 0 Å². The lowest BCUT2D eigenvalue weighted by Crippen LogP contribution is -2.43. The van der Waals surface area contributed by atoms with Crippen molar-refractivity contribution in [3.63, 3.8) is 0 Å². The van der Waals surface area contributed by atoms with Gasteiger partial charge in [-0.05, 0) is 0 Å². The summed E-state index contributed by atoms with van der Waals surface area (Å²) in [5, 5.41) is 0. The van der Waals surface area contributed by atoms with Gasteiger partial charge in [-0.15, -0.1) is 24.0 Å². The summed E-state index contributed by atoms with van der Waals surface area (Å²) in [5.74, 6) is 0.966. The Kier molecular flexibility index (Phi) is 8.13. The van der Waals surface area contributed by atoms with Crippen molar-refractivity contribution in [1.29, 1.82) is 0 Å². The molecule has 6 heteroatoms. The Bertz CT molecular complexity index is 254. The van der Waals surface area contributed by atoms with E-state index in [0.717, 1.165) is 32.0 Å². The Labute approximate surface area is 128 Å². The largest absolute Gasteiger partial charge is 0.381 e. The van der Waals surface area contributed by atoms with Gasteiger partial charge in [0.05, 0.1) is 12.1 Å². The minimum Gasteiger partial charge on any atom is -0.381 e. The molecule has 1 aliphatic heterocycles. The van der Waals surface area contributed by atoms with Crippen molar-refractivity contribution in [2.45, 2.75) is 18.4 Å². The smallest absolute Gasteiger partial charge is 0.195 e. The fraction of sp³-hybridized carbons (Fsp3) is 0.917. The highest BCUT2D eigenvalue weighted by molar-refractivity contribution is 14.0. The van der Waals surface area contributed by atoms with Crippen LogP contribution in [0.3, 0.4) is 0 Å². The van der Waals surface area contributed by atoms with Crippen LogP contribution in [-0.2, 0) is 9.47 Å². The molecule has 0 unspecified atom stereocenters. The molecule has 0 aromatic heterocycles. The minimum atomic E-state index is -0.143. The SMILES string of the molecule is COC1(CN=C(N(C)C)N(C)C)CCOCC1.I. The van der Waals surface area contributed by atoms with Crippen molar-refractivity contribution >= 4 is 29.9 Å². The summed E-state index contributed by atoms with van der Waals surface area (Å²) < 4.78 is 11.0. The summed E-state index contributed by atoms with van der Waals surface area (Å²) >= 11 is 0. The van der Waals surface area contributed by atoms with Gasteiger partial charge in [0, 0.05) is 61.4 Å². The van der Waals surface area contributed by atoms with E-state index < -0.39 is 0 Å². The second kappa shape index (κ2) is 8.16. The van der Waals surface area contributed by atoms with Crippen molar-refractivity contribution in [3.05, 3.63) is 0 Å². The average Bonchev–Trinajstić information content (AvgIpc) is 2.29. The van der Waals surface area contributed by atoms with Gasteiger partial charge in [-0.3, -0.25) is 0 Å². The van der Waals surface area contributed by atoms with Gasteiger partial charge in [0.25, 0.3) is 0 Å². The maximum absolute atomic E-state index is 5.66. The highest BCUT2D eigenvalue weighted by atomic mass is 127. The lowest BCUT2D eigenvalue weighted by molar-refractivity contribution is -0.0830. The zero-order valence-corrected chi connectivity index (χ0v) is 14.4. The number of aliphatic imine (C=N–C) groups is 1. The van der Waals surface area contributed by atoms with Crippen LogP contribution in [0.1, 0.15) is 12.8 Å². The summed E-state index contributed by atoms with van der Waals surface area (Å²) in [6.45, 7) is 2.23. The van der Waals surface area contributed by atoms with Gasteiger partial charge in [0.2, 0.25) is 0 Å². The molecule has 0 N–H and O–H groups in total. The molecule has 18 heavy (non-hydrogen) atoms. The first kappa shape index (κ1) is 17.9. The maximum atomic E-state index is 5.66. The molecule has 5 nitrogen and oxygen atoms in total. The molecule has 0 amide bonds. The zero-order chi connectivity index (χ0) is 12.9. The molecule has 1 aliphatic rings. The zero-order valence-electron chi connectivity index (χ0n) is 12.1. The van der Waals surface area contributed by atoms with E-state index in [2.05, 4.69) is 4.99 Å². The fourth-order valence-electron chi connectivity index (χ4n) is 2.07. The molecule has 0 saturated carbocycles. The highest BCUT2D eigenvalue weighted by Gasteiger charge is 2.32. The Morgan fingerprint density at radius 3 is 2.06 bits per heavy atom. The van der Waals surface area contributed by atoms with Crippen LogP contribution in [0.4, 0.5) is 0 Å². The van der Waals surface area contributed by atoms with Crippen molar-refractivity contribution in [1.82, 2.24) is 9.80 Å². The number of rotatable bonds is 3. The van der Waals surface area contributed by atoms with Crippen LogP contribution >= 0.6 is 24.0 Å². The first-order valence-corrected chi connectivity index (χ1v) is 6.03. The molecule has 0 atom stereocenters. The number of nitrogens with zero attached hydrogens (tertiary/aromatic N) is 3. The molecule has 0 bridgehead atoms. The van der Waals surface area contributed by atoms with Gasteiger partial charge >= 0.3 is 0 Å². The van der Waals surface area contributed by atoms with E-state index in [1.807, 2.05) is 38.0 Å². The highest BCUT2D eigenvalue weighted by Crippen LogP contribution is 2.24. The van der Waals surface area contributed by atoms with Crippen molar-refractivity contribution < 1.29 is 9.47 Å². The van der Waals surface area contributed by atoms with Crippen molar-refractivity contribution in [3.8, 4) is 0 Å². The van der Waals surface area contributed by atoms with E-state index in [1.54, 1.807) is 7.11 Å². The molecule has 0 radical (unpaired) electrons. The number of hydrogen-bond acceptors (Lipinski definition) is 3. The Morgan fingerprint density at radius 2 is 1.67 bits per heavy atom. The van der Waals surface area contributed by atoms with E-state index in [4.69, 9.17) is 9.47 Å². The summed E-state index contributed by atoms with van der Waals surface area (Å²) in [4.78, 5) is 8.71. The van der Waals surface area contributed by atoms with Crippen LogP contribution in [0, 0.1) is 0 Å². The van der Waals surface area contributed by atoms with Gasteiger partial charge in [0.15, 0.2) is 5.96 Å². The van der Waals surface area contributed by atoms with Gasteiger partial charge < -0.3 is 19.3 Å².